The van der Waals surface area contributed by atoms with Crippen molar-refractivity contribution < 1.29 is 29.6 Å². The van der Waals surface area contributed by atoms with Gasteiger partial charge in [0.05, 0.1) is 24.1 Å². The molecule has 0 radical (unpaired) electrons. The van der Waals surface area contributed by atoms with Crippen LogP contribution < -0.4 is 9.75 Å². The smallest absolute Gasteiger partial charge is 0.339 e. The summed E-state index contributed by atoms with van der Waals surface area (Å²) in [7, 11) is 1.42. The summed E-state index contributed by atoms with van der Waals surface area (Å²) in [5.74, 6) is -1.90. The van der Waals surface area contributed by atoms with Crippen LogP contribution in [0.1, 0.15) is 22.8 Å². The SMILES string of the molecule is COc1cc(/C=C2\C(=O)N(c3ccc(O)c(C(=O)O)c3)N=C2C)ccc1O. The second-order valence-electron chi connectivity index (χ2n) is 5.80. The summed E-state index contributed by atoms with van der Waals surface area (Å²) in [5.41, 5.74) is 1.28. The average molecular weight is 368 g/mol. The highest BCUT2D eigenvalue weighted by Crippen LogP contribution is 2.31. The van der Waals surface area contributed by atoms with Crippen LogP contribution in [-0.2, 0) is 4.79 Å². The molecule has 1 heterocycles. The van der Waals surface area contributed by atoms with Gasteiger partial charge in [-0.3, -0.25) is 4.79 Å². The summed E-state index contributed by atoms with van der Waals surface area (Å²) in [6.07, 6.45) is 1.60. The van der Waals surface area contributed by atoms with Crippen molar-refractivity contribution in [2.75, 3.05) is 12.1 Å². The number of hydrazone groups is 1. The Balaban J connectivity index is 1.97. The molecule has 3 N–H and O–H groups in total. The van der Waals surface area contributed by atoms with E-state index in [4.69, 9.17) is 9.84 Å². The Hall–Kier alpha value is -3.81. The lowest BCUT2D eigenvalue weighted by Crippen LogP contribution is -2.21. The predicted octanol–water partition coefficient (Wildman–Crippen LogP) is 2.61. The van der Waals surface area contributed by atoms with Crippen molar-refractivity contribution in [2.45, 2.75) is 6.92 Å². The van der Waals surface area contributed by atoms with Crippen LogP contribution in [0.2, 0.25) is 0 Å². The molecule has 0 bridgehead atoms. The van der Waals surface area contributed by atoms with Crippen LogP contribution >= 0.6 is 0 Å². The normalized spacial score (nSPS) is 15.2. The zero-order valence-corrected chi connectivity index (χ0v) is 14.5. The second-order valence-corrected chi connectivity index (χ2v) is 5.80. The Bertz CT molecular complexity index is 1010. The quantitative estimate of drug-likeness (QED) is 0.714. The van der Waals surface area contributed by atoms with E-state index in [9.17, 15) is 19.8 Å². The maximum Gasteiger partial charge on any atom is 0.339 e. The highest BCUT2D eigenvalue weighted by Gasteiger charge is 2.29. The Labute approximate surface area is 154 Å². The number of phenolic OH excluding ortho intramolecular Hbond substituents is 1. The van der Waals surface area contributed by atoms with E-state index in [-0.39, 0.29) is 22.7 Å². The average Bonchev–Trinajstić information content (AvgIpc) is 2.91. The summed E-state index contributed by atoms with van der Waals surface area (Å²) in [4.78, 5) is 23.9. The second kappa shape index (κ2) is 6.83. The number of ether oxygens (including phenoxy) is 1. The largest absolute Gasteiger partial charge is 0.507 e. The number of phenols is 2. The van der Waals surface area contributed by atoms with Gasteiger partial charge in [0.1, 0.15) is 11.3 Å². The van der Waals surface area contributed by atoms with Crippen LogP contribution in [0.25, 0.3) is 6.08 Å². The zero-order chi connectivity index (χ0) is 19.7. The first kappa shape index (κ1) is 18.0. The topological polar surface area (TPSA) is 120 Å². The maximum atomic E-state index is 12.8. The molecular weight excluding hydrogens is 352 g/mol. The van der Waals surface area contributed by atoms with E-state index in [1.807, 2.05) is 0 Å². The van der Waals surface area contributed by atoms with E-state index in [1.165, 1.54) is 31.4 Å². The Morgan fingerprint density at radius 2 is 1.85 bits per heavy atom. The standard InChI is InChI=1S/C19H16N2O6/c1-10-13(7-11-3-5-16(23)17(8-11)27-2)18(24)21(20-10)12-4-6-15(22)14(9-12)19(25)26/h3-9,22-23H,1-2H3,(H,25,26)/b13-7-. The molecule has 0 aliphatic carbocycles. The molecule has 0 aromatic heterocycles. The molecule has 8 nitrogen and oxygen atoms in total. The zero-order valence-electron chi connectivity index (χ0n) is 14.5. The number of amides is 1. The first-order valence-electron chi connectivity index (χ1n) is 7.87. The highest BCUT2D eigenvalue weighted by molar-refractivity contribution is 6.32. The van der Waals surface area contributed by atoms with Crippen molar-refractivity contribution in [2.24, 2.45) is 5.10 Å². The number of carboxylic acids is 1. The Morgan fingerprint density at radius 3 is 2.52 bits per heavy atom. The van der Waals surface area contributed by atoms with E-state index >= 15 is 0 Å². The lowest BCUT2D eigenvalue weighted by Gasteiger charge is -2.13. The van der Waals surface area contributed by atoms with Gasteiger partial charge in [0.2, 0.25) is 0 Å². The third kappa shape index (κ3) is 3.32. The van der Waals surface area contributed by atoms with Crippen LogP contribution in [0.15, 0.2) is 47.1 Å². The van der Waals surface area contributed by atoms with Crippen LogP contribution in [0.3, 0.4) is 0 Å². The van der Waals surface area contributed by atoms with Crippen LogP contribution in [0.4, 0.5) is 5.69 Å². The van der Waals surface area contributed by atoms with Crippen molar-refractivity contribution in [3.8, 4) is 17.2 Å². The molecule has 0 saturated heterocycles. The van der Waals surface area contributed by atoms with Crippen molar-refractivity contribution in [3.63, 3.8) is 0 Å². The number of hydrogen-bond acceptors (Lipinski definition) is 6. The molecule has 8 heteroatoms. The molecule has 2 aromatic rings. The third-order valence-electron chi connectivity index (χ3n) is 4.03. The monoisotopic (exact) mass is 368 g/mol. The number of nitrogens with zero attached hydrogens (tertiary/aromatic N) is 2. The van der Waals surface area contributed by atoms with Crippen LogP contribution in [-0.4, -0.2) is 40.0 Å². The van der Waals surface area contributed by atoms with Crippen molar-refractivity contribution in [1.82, 2.24) is 0 Å². The summed E-state index contributed by atoms with van der Waals surface area (Å²) in [5, 5.41) is 33.7. The molecule has 0 unspecified atom stereocenters. The lowest BCUT2D eigenvalue weighted by molar-refractivity contribution is -0.114. The summed E-state index contributed by atoms with van der Waals surface area (Å²) < 4.78 is 5.06. The van der Waals surface area contributed by atoms with Gasteiger partial charge in [0, 0.05) is 0 Å². The fraction of sp³-hybridized carbons (Fsp3) is 0.105. The summed E-state index contributed by atoms with van der Waals surface area (Å²) in [6, 6.07) is 8.44. The summed E-state index contributed by atoms with van der Waals surface area (Å²) in [6.45, 7) is 1.65. The number of anilines is 1. The van der Waals surface area contributed by atoms with Gasteiger partial charge in [-0.1, -0.05) is 6.07 Å². The first-order valence-corrected chi connectivity index (χ1v) is 7.87. The van der Waals surface area contributed by atoms with Gasteiger partial charge in [-0.2, -0.15) is 10.1 Å². The minimum atomic E-state index is -1.31. The number of aromatic carboxylic acids is 1. The van der Waals surface area contributed by atoms with E-state index in [1.54, 1.807) is 25.1 Å². The fourth-order valence-electron chi connectivity index (χ4n) is 2.64. The van der Waals surface area contributed by atoms with Crippen molar-refractivity contribution in [1.29, 1.82) is 0 Å². The molecule has 138 valence electrons. The molecule has 1 aliphatic heterocycles. The number of carboxylic acid groups (broad SMARTS) is 1. The minimum Gasteiger partial charge on any atom is -0.507 e. The van der Waals surface area contributed by atoms with Crippen LogP contribution in [0.5, 0.6) is 17.2 Å². The molecule has 3 rings (SSSR count). The molecule has 27 heavy (non-hydrogen) atoms. The number of carbonyl (C=O) groups is 2. The first-order chi connectivity index (χ1) is 12.8. The number of methoxy groups -OCH3 is 1. The number of benzene rings is 2. The van der Waals surface area contributed by atoms with Gasteiger partial charge < -0.3 is 20.1 Å². The number of hydrogen-bond donors (Lipinski definition) is 3. The number of carbonyl (C=O) groups excluding carboxylic acids is 1. The van der Waals surface area contributed by atoms with Crippen LogP contribution in [0, 0.1) is 0 Å². The number of rotatable bonds is 4. The molecule has 0 spiro atoms. The molecule has 0 atom stereocenters. The number of aromatic hydroxyl groups is 2. The Kier molecular flexibility index (Phi) is 4.55. The van der Waals surface area contributed by atoms with Gasteiger partial charge in [-0.05, 0) is 48.9 Å². The fourth-order valence-corrected chi connectivity index (χ4v) is 2.64. The Morgan fingerprint density at radius 1 is 1.15 bits per heavy atom. The van der Waals surface area contributed by atoms with Gasteiger partial charge in [-0.15, -0.1) is 0 Å². The van der Waals surface area contributed by atoms with Crippen molar-refractivity contribution >= 4 is 29.4 Å². The molecule has 1 aliphatic rings. The third-order valence-corrected chi connectivity index (χ3v) is 4.03. The van der Waals surface area contributed by atoms with Crippen molar-refractivity contribution in [3.05, 3.63) is 53.1 Å². The van der Waals surface area contributed by atoms with E-state index in [2.05, 4.69) is 5.10 Å². The highest BCUT2D eigenvalue weighted by atomic mass is 16.5. The predicted molar refractivity (Wildman–Crippen MR) is 98.3 cm³/mol. The molecular formula is C19H16N2O6. The minimum absolute atomic E-state index is 0.0188. The van der Waals surface area contributed by atoms with Gasteiger partial charge in [0.15, 0.2) is 11.5 Å². The lowest BCUT2D eigenvalue weighted by atomic mass is 10.1. The van der Waals surface area contributed by atoms with Gasteiger partial charge in [0.25, 0.3) is 5.91 Å². The van der Waals surface area contributed by atoms with E-state index in [0.29, 0.717) is 16.8 Å². The maximum absolute atomic E-state index is 12.8. The molecule has 2 aromatic carbocycles. The van der Waals surface area contributed by atoms with Gasteiger partial charge >= 0.3 is 5.97 Å². The van der Waals surface area contributed by atoms with E-state index in [0.717, 1.165) is 5.01 Å². The molecule has 0 saturated carbocycles. The molecule has 1 amide bonds. The van der Waals surface area contributed by atoms with Gasteiger partial charge in [-0.25, -0.2) is 4.79 Å². The van der Waals surface area contributed by atoms with E-state index < -0.39 is 17.6 Å². The summed E-state index contributed by atoms with van der Waals surface area (Å²) >= 11 is 0. The molecule has 0 fully saturated rings.